The molecule has 0 saturated heterocycles. The van der Waals surface area contributed by atoms with E-state index in [4.69, 9.17) is 9.47 Å². The van der Waals surface area contributed by atoms with Gasteiger partial charge >= 0.3 is 0 Å². The standard InChI is InChI=1S/C43H38O2P2/c1-5-20-36(21-6-1)46(37-22-7-2-8-23-37)40-28-13-16-32-30-35-19-15-18-34(44-42(32)40)31-33-17-14-29-41(43(33)45-35)47(38-24-9-3-10-25-38)39-26-11-4-12-27-39/h1-14,16-17,20-29,34-35H,15,18-19,30-31H2/t34-,35?/m0/s1. The minimum Gasteiger partial charge on any atom is -0.489 e. The molecule has 2 atom stereocenters. The van der Waals surface area contributed by atoms with Crippen LogP contribution in [0.2, 0.25) is 0 Å². The Labute approximate surface area is 280 Å². The van der Waals surface area contributed by atoms with Crippen LogP contribution in [0.1, 0.15) is 30.4 Å². The molecule has 8 rings (SSSR count). The first-order chi connectivity index (χ1) is 23.3. The van der Waals surface area contributed by atoms with Crippen molar-refractivity contribution in [2.45, 2.75) is 44.3 Å². The Balaban J connectivity index is 1.24. The van der Waals surface area contributed by atoms with Crippen molar-refractivity contribution in [3.8, 4) is 11.5 Å². The highest BCUT2D eigenvalue weighted by molar-refractivity contribution is 7.80. The second-order valence-corrected chi connectivity index (χ2v) is 16.7. The van der Waals surface area contributed by atoms with E-state index in [-0.39, 0.29) is 12.2 Å². The molecule has 2 heterocycles. The van der Waals surface area contributed by atoms with Crippen molar-refractivity contribution in [2.24, 2.45) is 0 Å². The molecule has 0 saturated carbocycles. The van der Waals surface area contributed by atoms with Crippen molar-refractivity contribution in [3.63, 3.8) is 0 Å². The Kier molecular flexibility index (Phi) is 8.89. The van der Waals surface area contributed by atoms with Crippen LogP contribution in [0.4, 0.5) is 0 Å². The van der Waals surface area contributed by atoms with Gasteiger partial charge in [0.25, 0.3) is 0 Å². The first-order valence-electron chi connectivity index (χ1n) is 16.7. The molecule has 6 aromatic rings. The highest BCUT2D eigenvalue weighted by Gasteiger charge is 2.32. The molecule has 2 nitrogen and oxygen atoms in total. The van der Waals surface area contributed by atoms with E-state index < -0.39 is 15.8 Å². The minimum absolute atomic E-state index is 0.0624. The average Bonchev–Trinajstić information content (AvgIpc) is 3.27. The van der Waals surface area contributed by atoms with Crippen LogP contribution in [0, 0.1) is 0 Å². The van der Waals surface area contributed by atoms with E-state index >= 15 is 0 Å². The van der Waals surface area contributed by atoms with E-state index in [1.54, 1.807) is 0 Å². The normalized spacial score (nSPS) is 17.2. The van der Waals surface area contributed by atoms with Crippen LogP contribution >= 0.6 is 15.8 Å². The number of ether oxygens (including phenoxy) is 2. The van der Waals surface area contributed by atoms with Crippen molar-refractivity contribution in [1.29, 1.82) is 0 Å². The molecule has 0 N–H and O–H groups in total. The highest BCUT2D eigenvalue weighted by atomic mass is 31.1. The van der Waals surface area contributed by atoms with E-state index in [9.17, 15) is 0 Å². The van der Waals surface area contributed by atoms with E-state index in [2.05, 4.69) is 158 Å². The summed E-state index contributed by atoms with van der Waals surface area (Å²) in [6.07, 6.45) is 4.88. The van der Waals surface area contributed by atoms with Crippen molar-refractivity contribution in [1.82, 2.24) is 0 Å². The summed E-state index contributed by atoms with van der Waals surface area (Å²) in [6.45, 7) is 0. The maximum Gasteiger partial charge on any atom is 0.131 e. The Morgan fingerprint density at radius 3 is 1.06 bits per heavy atom. The average molecular weight is 649 g/mol. The Morgan fingerprint density at radius 1 is 0.383 bits per heavy atom. The van der Waals surface area contributed by atoms with Crippen LogP contribution in [0.25, 0.3) is 0 Å². The number of para-hydroxylation sites is 2. The number of hydrogen-bond acceptors (Lipinski definition) is 2. The fraction of sp³-hybridized carbons (Fsp3) is 0.163. The van der Waals surface area contributed by atoms with Gasteiger partial charge in [-0.15, -0.1) is 0 Å². The summed E-state index contributed by atoms with van der Waals surface area (Å²) >= 11 is 0. The van der Waals surface area contributed by atoms with Crippen molar-refractivity contribution in [2.75, 3.05) is 0 Å². The second-order valence-electron chi connectivity index (χ2n) is 12.4. The van der Waals surface area contributed by atoms with E-state index in [1.807, 2.05) is 0 Å². The molecule has 0 amide bonds. The first kappa shape index (κ1) is 30.1. The lowest BCUT2D eigenvalue weighted by Gasteiger charge is -2.30. The minimum atomic E-state index is -0.796. The lowest BCUT2D eigenvalue weighted by Crippen LogP contribution is -2.30. The monoisotopic (exact) mass is 648 g/mol. The Morgan fingerprint density at radius 2 is 0.723 bits per heavy atom. The molecule has 47 heavy (non-hydrogen) atoms. The number of rotatable bonds is 6. The summed E-state index contributed by atoms with van der Waals surface area (Å²) in [5, 5.41) is 7.96. The van der Waals surface area contributed by atoms with Crippen LogP contribution in [0.5, 0.6) is 11.5 Å². The van der Waals surface area contributed by atoms with E-state index in [1.165, 1.54) is 43.0 Å². The first-order valence-corrected chi connectivity index (χ1v) is 19.4. The van der Waals surface area contributed by atoms with Gasteiger partial charge in [0.2, 0.25) is 0 Å². The number of benzene rings is 6. The van der Waals surface area contributed by atoms with Gasteiger partial charge < -0.3 is 9.47 Å². The molecule has 1 unspecified atom stereocenters. The molecule has 0 aliphatic carbocycles. The van der Waals surface area contributed by atoms with Gasteiger partial charge in [0.1, 0.15) is 23.7 Å². The lowest BCUT2D eigenvalue weighted by atomic mass is 10.0. The predicted octanol–water partition coefficient (Wildman–Crippen LogP) is 7.68. The summed E-state index contributed by atoms with van der Waals surface area (Å²) in [5.74, 6) is 2.14. The molecule has 0 aromatic heterocycles. The molecule has 2 aliphatic heterocycles. The van der Waals surface area contributed by atoms with Gasteiger partial charge in [-0.1, -0.05) is 158 Å². The van der Waals surface area contributed by atoms with Gasteiger partial charge in [0, 0.05) is 23.5 Å². The van der Waals surface area contributed by atoms with Crippen LogP contribution < -0.4 is 41.3 Å². The van der Waals surface area contributed by atoms with Crippen LogP contribution in [-0.4, -0.2) is 12.2 Å². The van der Waals surface area contributed by atoms with Gasteiger partial charge in [0.15, 0.2) is 0 Å². The third-order valence-electron chi connectivity index (χ3n) is 9.21. The zero-order chi connectivity index (χ0) is 31.4. The molecule has 2 bridgehead atoms. The van der Waals surface area contributed by atoms with E-state index in [0.717, 1.165) is 43.6 Å². The molecule has 0 radical (unpaired) electrons. The maximum atomic E-state index is 7.29. The molecular weight excluding hydrogens is 610 g/mol. The van der Waals surface area contributed by atoms with Crippen molar-refractivity contribution in [3.05, 3.63) is 169 Å². The zero-order valence-electron chi connectivity index (χ0n) is 26.4. The predicted molar refractivity (Wildman–Crippen MR) is 200 cm³/mol. The molecule has 0 fully saturated rings. The Hall–Kier alpha value is -4.22. The molecule has 4 heteroatoms. The van der Waals surface area contributed by atoms with Crippen LogP contribution in [-0.2, 0) is 12.8 Å². The summed E-state index contributed by atoms with van der Waals surface area (Å²) in [4.78, 5) is 0. The van der Waals surface area contributed by atoms with Gasteiger partial charge in [-0.2, -0.15) is 0 Å². The van der Waals surface area contributed by atoms with Gasteiger partial charge in [-0.25, -0.2) is 0 Å². The fourth-order valence-electron chi connectivity index (χ4n) is 7.05. The van der Waals surface area contributed by atoms with Crippen molar-refractivity contribution >= 4 is 47.7 Å². The Bertz CT molecular complexity index is 1710. The smallest absolute Gasteiger partial charge is 0.131 e. The third-order valence-corrected chi connectivity index (χ3v) is 14.1. The molecule has 232 valence electrons. The third kappa shape index (κ3) is 6.38. The fourth-order valence-corrected chi connectivity index (χ4v) is 11.9. The lowest BCUT2D eigenvalue weighted by molar-refractivity contribution is 0.189. The van der Waals surface area contributed by atoms with E-state index in [0.29, 0.717) is 0 Å². The summed E-state index contributed by atoms with van der Waals surface area (Å²) < 4.78 is 14.6. The quantitative estimate of drug-likeness (QED) is 0.173. The molecule has 0 spiro atoms. The summed E-state index contributed by atoms with van der Waals surface area (Å²) in [5.41, 5.74) is 2.51. The zero-order valence-corrected chi connectivity index (χ0v) is 28.2. The molecule has 6 aromatic carbocycles. The van der Waals surface area contributed by atoms with Gasteiger partial charge in [-0.05, 0) is 67.5 Å². The molecule has 2 aliphatic rings. The largest absolute Gasteiger partial charge is 0.489 e. The summed E-state index contributed by atoms with van der Waals surface area (Å²) in [7, 11) is -1.59. The summed E-state index contributed by atoms with van der Waals surface area (Å²) in [6, 6.07) is 57.5. The number of hydrogen-bond donors (Lipinski definition) is 0. The van der Waals surface area contributed by atoms with Crippen LogP contribution in [0.15, 0.2) is 158 Å². The van der Waals surface area contributed by atoms with Crippen LogP contribution in [0.3, 0.4) is 0 Å². The second kappa shape index (κ2) is 13.9. The van der Waals surface area contributed by atoms with Crippen molar-refractivity contribution < 1.29 is 9.47 Å². The topological polar surface area (TPSA) is 18.5 Å². The van der Waals surface area contributed by atoms with Gasteiger partial charge in [-0.3, -0.25) is 0 Å². The van der Waals surface area contributed by atoms with Gasteiger partial charge in [0.05, 0.1) is 0 Å². The SMILES string of the molecule is c1ccc(P(c2ccccc2)c2cccc3c2OC2CCC[C@@H](C3)Oc3c(cccc3P(c3ccccc3)c3ccccc3)C2)cc1. The number of fused-ring (bicyclic) bond motifs is 6. The molecular formula is C43H38O2P2. The maximum absolute atomic E-state index is 7.29. The highest BCUT2D eigenvalue weighted by Crippen LogP contribution is 2.43.